The van der Waals surface area contributed by atoms with E-state index in [2.05, 4.69) is 15.3 Å². The first kappa shape index (κ1) is 27.2. The molecule has 200 valence electrons. The number of rotatable bonds is 11. The Morgan fingerprint density at radius 1 is 1.00 bits per heavy atom. The van der Waals surface area contributed by atoms with E-state index in [1.807, 2.05) is 72.9 Å². The fourth-order valence-electron chi connectivity index (χ4n) is 4.31. The van der Waals surface area contributed by atoms with Gasteiger partial charge < -0.3 is 29.6 Å². The Balaban J connectivity index is 0.000000494. The van der Waals surface area contributed by atoms with Crippen LogP contribution in [0.15, 0.2) is 79.1 Å². The molecule has 3 heterocycles. The molecule has 0 aliphatic carbocycles. The van der Waals surface area contributed by atoms with Crippen molar-refractivity contribution >= 4 is 22.7 Å². The fourth-order valence-corrected chi connectivity index (χ4v) is 4.31. The fraction of sp³-hybridized carbons (Fsp3) is 0.333. The van der Waals surface area contributed by atoms with Crippen molar-refractivity contribution in [1.29, 1.82) is 0 Å². The Kier molecular flexibility index (Phi) is 10.5. The minimum absolute atomic E-state index is 0.0434. The summed E-state index contributed by atoms with van der Waals surface area (Å²) in [5.74, 6) is 0.669. The number of fused-ring (bicyclic) bond motifs is 1. The number of aromatic amines is 1. The maximum absolute atomic E-state index is 11.5. The van der Waals surface area contributed by atoms with Crippen molar-refractivity contribution in [2.75, 3.05) is 44.9 Å². The Morgan fingerprint density at radius 3 is 2.45 bits per heavy atom. The number of carboxylic acids is 1. The number of hydrogen-bond donors (Lipinski definition) is 3. The highest BCUT2D eigenvalue weighted by Crippen LogP contribution is 2.34. The van der Waals surface area contributed by atoms with E-state index in [-0.39, 0.29) is 12.3 Å². The number of aromatic nitrogens is 2. The molecule has 1 unspecified atom stereocenters. The summed E-state index contributed by atoms with van der Waals surface area (Å²) in [5, 5.41) is 13.8. The Bertz CT molecular complexity index is 1230. The van der Waals surface area contributed by atoms with E-state index in [0.717, 1.165) is 79.4 Å². The maximum Gasteiger partial charge on any atom is 0.304 e. The first-order chi connectivity index (χ1) is 18.7. The quantitative estimate of drug-likeness (QED) is 0.226. The van der Waals surface area contributed by atoms with Crippen molar-refractivity contribution < 1.29 is 24.1 Å². The molecular weight excluding hydrogens is 482 g/mol. The van der Waals surface area contributed by atoms with Gasteiger partial charge in [0.15, 0.2) is 0 Å². The van der Waals surface area contributed by atoms with Crippen LogP contribution in [0.3, 0.4) is 0 Å². The van der Waals surface area contributed by atoms with Crippen LogP contribution in [-0.4, -0.2) is 60.6 Å². The number of benzene rings is 2. The smallest absolute Gasteiger partial charge is 0.304 e. The van der Waals surface area contributed by atoms with E-state index >= 15 is 0 Å². The zero-order valence-electron chi connectivity index (χ0n) is 21.5. The number of anilines is 1. The summed E-state index contributed by atoms with van der Waals surface area (Å²) in [6.45, 7) is 4.60. The van der Waals surface area contributed by atoms with Gasteiger partial charge in [-0.3, -0.25) is 4.79 Å². The number of unbranched alkanes of at least 4 members (excludes halogenated alkanes) is 1. The largest absolute Gasteiger partial charge is 0.494 e. The van der Waals surface area contributed by atoms with Crippen LogP contribution in [0.25, 0.3) is 10.9 Å². The second-order valence-electron chi connectivity index (χ2n) is 8.93. The van der Waals surface area contributed by atoms with Crippen molar-refractivity contribution in [1.82, 2.24) is 9.97 Å². The molecule has 0 bridgehead atoms. The highest BCUT2D eigenvalue weighted by Gasteiger charge is 2.21. The number of nitrogens with one attached hydrogen (secondary N) is 2. The average molecular weight is 518 g/mol. The molecule has 1 saturated heterocycles. The lowest BCUT2D eigenvalue weighted by Gasteiger charge is -2.15. The van der Waals surface area contributed by atoms with Crippen molar-refractivity contribution in [2.24, 2.45) is 0 Å². The molecule has 5 rings (SSSR count). The van der Waals surface area contributed by atoms with Gasteiger partial charge in [0.1, 0.15) is 11.6 Å². The van der Waals surface area contributed by atoms with Crippen LogP contribution in [0.2, 0.25) is 0 Å². The lowest BCUT2D eigenvalue weighted by Crippen LogP contribution is -2.16. The average Bonchev–Trinajstić information content (AvgIpc) is 3.39. The second kappa shape index (κ2) is 14.8. The lowest BCUT2D eigenvalue weighted by molar-refractivity contribution is -0.137. The van der Waals surface area contributed by atoms with Crippen molar-refractivity contribution in [3.8, 4) is 5.75 Å². The van der Waals surface area contributed by atoms with Crippen LogP contribution in [0, 0.1) is 0 Å². The number of ether oxygens (including phenoxy) is 3. The summed E-state index contributed by atoms with van der Waals surface area (Å²) in [7, 11) is 0. The molecule has 0 amide bonds. The van der Waals surface area contributed by atoms with Gasteiger partial charge >= 0.3 is 5.97 Å². The van der Waals surface area contributed by atoms with Crippen LogP contribution in [0.1, 0.15) is 36.3 Å². The van der Waals surface area contributed by atoms with Gasteiger partial charge in [0.25, 0.3) is 0 Å². The van der Waals surface area contributed by atoms with Crippen molar-refractivity contribution in [3.63, 3.8) is 0 Å². The minimum Gasteiger partial charge on any atom is -0.494 e. The summed E-state index contributed by atoms with van der Waals surface area (Å²) < 4.78 is 15.8. The van der Waals surface area contributed by atoms with E-state index in [1.54, 1.807) is 6.20 Å². The molecule has 2 aromatic heterocycles. The van der Waals surface area contributed by atoms with E-state index in [9.17, 15) is 9.90 Å². The highest BCUT2D eigenvalue weighted by atomic mass is 16.6. The third-order valence-electron chi connectivity index (χ3n) is 6.20. The summed E-state index contributed by atoms with van der Waals surface area (Å²) >= 11 is 0. The Labute approximate surface area is 223 Å². The molecule has 1 fully saturated rings. The van der Waals surface area contributed by atoms with Gasteiger partial charge in [-0.05, 0) is 48.2 Å². The third kappa shape index (κ3) is 8.33. The highest BCUT2D eigenvalue weighted by molar-refractivity contribution is 5.86. The van der Waals surface area contributed by atoms with Gasteiger partial charge in [-0.2, -0.15) is 0 Å². The third-order valence-corrected chi connectivity index (χ3v) is 6.20. The van der Waals surface area contributed by atoms with Crippen LogP contribution in [0.4, 0.5) is 5.82 Å². The van der Waals surface area contributed by atoms with Crippen molar-refractivity contribution in [2.45, 2.75) is 25.2 Å². The predicted molar refractivity (Wildman–Crippen MR) is 148 cm³/mol. The summed E-state index contributed by atoms with van der Waals surface area (Å²) in [4.78, 5) is 19.0. The lowest BCUT2D eigenvalue weighted by atomic mass is 9.88. The summed E-state index contributed by atoms with van der Waals surface area (Å²) in [5.41, 5.74) is 2.93. The number of H-pyrrole nitrogens is 1. The van der Waals surface area contributed by atoms with Crippen LogP contribution in [0.5, 0.6) is 5.75 Å². The Hall–Kier alpha value is -3.88. The minimum atomic E-state index is -0.814. The molecule has 1 atom stereocenters. The zero-order chi connectivity index (χ0) is 26.4. The van der Waals surface area contributed by atoms with Crippen molar-refractivity contribution in [3.05, 3.63) is 90.3 Å². The standard InChI is InChI=1S/C26H27N3O3.C4H8O2/c30-26(31)17-22(19-8-2-1-3-9-19)23-18-29-24-16-20(11-12-21(23)24)32-15-7-6-14-28-25-10-4-5-13-27-25;1-2-6-4-3-5-1/h1-5,8-13,16,18,22,29H,6-7,14-15,17H2,(H,27,28)(H,30,31);1-4H2. The first-order valence-corrected chi connectivity index (χ1v) is 13.0. The van der Waals surface area contributed by atoms with Gasteiger partial charge in [0, 0.05) is 41.8 Å². The molecule has 3 N–H and O–H groups in total. The molecular formula is C30H35N3O5. The molecule has 8 nitrogen and oxygen atoms in total. The second-order valence-corrected chi connectivity index (χ2v) is 8.93. The predicted octanol–water partition coefficient (Wildman–Crippen LogP) is 5.47. The van der Waals surface area contributed by atoms with Gasteiger partial charge in [-0.25, -0.2) is 4.98 Å². The molecule has 1 aliphatic rings. The molecule has 0 radical (unpaired) electrons. The zero-order valence-corrected chi connectivity index (χ0v) is 21.5. The number of carboxylic acid groups (broad SMARTS) is 1. The van der Waals surface area contributed by atoms with Gasteiger partial charge in [-0.1, -0.05) is 36.4 Å². The number of hydrogen-bond acceptors (Lipinski definition) is 6. The molecule has 0 saturated carbocycles. The van der Waals surface area contributed by atoms with Gasteiger partial charge in [0.05, 0.1) is 39.5 Å². The molecule has 4 aromatic rings. The van der Waals surface area contributed by atoms with Gasteiger partial charge in [0.2, 0.25) is 0 Å². The molecule has 0 spiro atoms. The van der Waals surface area contributed by atoms with E-state index < -0.39 is 5.97 Å². The Morgan fingerprint density at radius 2 is 1.76 bits per heavy atom. The number of nitrogens with zero attached hydrogens (tertiary/aromatic N) is 1. The molecule has 38 heavy (non-hydrogen) atoms. The SMILES string of the molecule is C1COCCO1.O=C(O)CC(c1ccccc1)c1c[nH]c2cc(OCCCCNc3ccccn3)ccc12. The van der Waals surface area contributed by atoms with Crippen LogP contribution in [-0.2, 0) is 14.3 Å². The number of aliphatic carboxylic acids is 1. The topological polar surface area (TPSA) is 106 Å². The van der Waals surface area contributed by atoms with Crippen LogP contribution < -0.4 is 10.1 Å². The number of pyridine rings is 1. The van der Waals surface area contributed by atoms with E-state index in [1.165, 1.54) is 0 Å². The van der Waals surface area contributed by atoms with Gasteiger partial charge in [-0.15, -0.1) is 0 Å². The first-order valence-electron chi connectivity index (χ1n) is 13.0. The molecule has 1 aliphatic heterocycles. The summed E-state index contributed by atoms with van der Waals surface area (Å²) in [6.07, 6.45) is 5.65. The number of carbonyl (C=O) groups is 1. The maximum atomic E-state index is 11.5. The molecule has 2 aromatic carbocycles. The summed E-state index contributed by atoms with van der Waals surface area (Å²) in [6, 6.07) is 21.5. The normalized spacial score (nSPS) is 13.8. The monoisotopic (exact) mass is 517 g/mol. The van der Waals surface area contributed by atoms with E-state index in [4.69, 9.17) is 14.2 Å². The molecule has 8 heteroatoms. The van der Waals surface area contributed by atoms with E-state index in [0.29, 0.717) is 6.61 Å². The van der Waals surface area contributed by atoms with Crippen LogP contribution >= 0.6 is 0 Å².